The fraction of sp³-hybridized carbons (Fsp3) is 0.429. The Morgan fingerprint density at radius 2 is 1.60 bits per heavy atom. The minimum absolute atomic E-state index is 0.0984. The van der Waals surface area contributed by atoms with Crippen molar-refractivity contribution in [3.63, 3.8) is 0 Å². The molecule has 0 unspecified atom stereocenters. The van der Waals surface area contributed by atoms with Gasteiger partial charge in [0.1, 0.15) is 5.75 Å². The van der Waals surface area contributed by atoms with E-state index >= 15 is 0 Å². The lowest BCUT2D eigenvalue weighted by atomic mass is 10.1. The van der Waals surface area contributed by atoms with Gasteiger partial charge in [-0.3, -0.25) is 0 Å². The molecule has 3 nitrogen and oxygen atoms in total. The third-order valence-corrected chi connectivity index (χ3v) is 3.47. The molecule has 2 rings (SSSR count). The summed E-state index contributed by atoms with van der Waals surface area (Å²) in [5.74, 6) is 1.21. The molecule has 0 aliphatic heterocycles. The number of ether oxygens (including phenoxy) is 1. The van der Waals surface area contributed by atoms with Crippen molar-refractivity contribution in [2.45, 2.75) is 54.9 Å². The summed E-state index contributed by atoms with van der Waals surface area (Å²) in [6.45, 7) is 14.1. The highest BCUT2D eigenvalue weighted by molar-refractivity contribution is 14.1. The van der Waals surface area contributed by atoms with Crippen LogP contribution in [-0.4, -0.2) is 12.2 Å². The van der Waals surface area contributed by atoms with Crippen molar-refractivity contribution in [2.75, 3.05) is 7.11 Å². The average molecular weight is 460 g/mol. The van der Waals surface area contributed by atoms with Crippen LogP contribution in [0.1, 0.15) is 51.3 Å². The molecule has 0 heterocycles. The van der Waals surface area contributed by atoms with Crippen molar-refractivity contribution in [1.82, 2.24) is 0 Å². The van der Waals surface area contributed by atoms with E-state index in [0.717, 1.165) is 12.0 Å². The molecule has 0 atom stereocenters. The van der Waals surface area contributed by atoms with Gasteiger partial charge in [-0.1, -0.05) is 64.4 Å². The van der Waals surface area contributed by atoms with Crippen LogP contribution in [0.15, 0.2) is 36.4 Å². The molecule has 0 saturated carbocycles. The summed E-state index contributed by atoms with van der Waals surface area (Å²) in [5.41, 5.74) is 3.63. The van der Waals surface area contributed by atoms with Gasteiger partial charge in [-0.05, 0) is 37.5 Å². The number of aryl methyl sites for hydroxylation is 3. The number of hydrogen-bond donors (Lipinski definition) is 1. The summed E-state index contributed by atoms with van der Waals surface area (Å²) < 4.78 is 9.90. The Labute approximate surface area is 168 Å². The molecule has 2 aromatic rings. The smallest absolute Gasteiger partial charge is 0.192 e. The quantitative estimate of drug-likeness (QED) is 0.499. The van der Waals surface area contributed by atoms with Gasteiger partial charge in [0.2, 0.25) is 0 Å². The Hall–Kier alpha value is -1.43. The molecule has 0 aliphatic rings. The molecule has 0 bridgehead atoms. The van der Waals surface area contributed by atoms with Gasteiger partial charge in [-0.2, -0.15) is 0 Å². The van der Waals surface area contributed by atoms with Gasteiger partial charge in [-0.25, -0.2) is 0 Å². The summed E-state index contributed by atoms with van der Waals surface area (Å²) in [7, 11) is 1.55. The summed E-state index contributed by atoms with van der Waals surface area (Å²) in [5, 5.41) is 9.39. The van der Waals surface area contributed by atoms with E-state index in [2.05, 4.69) is 38.1 Å². The molecular formula is C21H33IO3. The Morgan fingerprint density at radius 1 is 1.00 bits per heavy atom. The lowest BCUT2D eigenvalue weighted by molar-refractivity contribution is 0.403. The van der Waals surface area contributed by atoms with Crippen LogP contribution in [0.3, 0.4) is 0 Å². The van der Waals surface area contributed by atoms with Crippen LogP contribution in [-0.2, 0) is 6.42 Å². The Morgan fingerprint density at radius 3 is 1.96 bits per heavy atom. The number of halogens is 1. The van der Waals surface area contributed by atoms with Crippen molar-refractivity contribution >= 4 is 23.0 Å². The van der Waals surface area contributed by atoms with Gasteiger partial charge in [0.15, 0.2) is 34.5 Å². The second-order valence-corrected chi connectivity index (χ2v) is 5.15. The SMILES string of the molecule is CC.CC.CCc1cccc(C)c1.COc1cc(C)c(OI)c(O)c1. The average Bonchev–Trinajstić information content (AvgIpc) is 2.65. The lowest BCUT2D eigenvalue weighted by Crippen LogP contribution is -1.86. The van der Waals surface area contributed by atoms with Crippen molar-refractivity contribution in [2.24, 2.45) is 0 Å². The first-order valence-corrected chi connectivity index (χ1v) is 9.61. The maximum Gasteiger partial charge on any atom is 0.192 e. The zero-order valence-corrected chi connectivity index (χ0v) is 19.0. The maximum absolute atomic E-state index is 9.39. The molecule has 2 aromatic carbocycles. The zero-order valence-electron chi connectivity index (χ0n) is 16.8. The first kappa shape index (κ1) is 25.8. The third-order valence-electron chi connectivity index (χ3n) is 3.03. The first-order valence-electron chi connectivity index (χ1n) is 8.73. The monoisotopic (exact) mass is 460 g/mol. The van der Waals surface area contributed by atoms with Crippen molar-refractivity contribution in [1.29, 1.82) is 0 Å². The van der Waals surface area contributed by atoms with E-state index in [1.165, 1.54) is 17.2 Å². The molecule has 0 radical (unpaired) electrons. The molecule has 1 N–H and O–H groups in total. The Balaban J connectivity index is 0. The summed E-state index contributed by atoms with van der Waals surface area (Å²) in [6.07, 6.45) is 1.14. The van der Waals surface area contributed by atoms with E-state index in [0.29, 0.717) is 11.5 Å². The van der Waals surface area contributed by atoms with Crippen LogP contribution in [0, 0.1) is 13.8 Å². The van der Waals surface area contributed by atoms with Crippen LogP contribution in [0.4, 0.5) is 0 Å². The van der Waals surface area contributed by atoms with Crippen LogP contribution in [0.2, 0.25) is 0 Å². The molecule has 4 heteroatoms. The van der Waals surface area contributed by atoms with Crippen LogP contribution in [0.25, 0.3) is 0 Å². The van der Waals surface area contributed by atoms with E-state index < -0.39 is 0 Å². The molecule has 0 fully saturated rings. The van der Waals surface area contributed by atoms with Gasteiger partial charge >= 0.3 is 0 Å². The highest BCUT2D eigenvalue weighted by Crippen LogP contribution is 2.35. The first-order chi connectivity index (χ1) is 12.0. The van der Waals surface area contributed by atoms with E-state index in [-0.39, 0.29) is 5.75 Å². The number of phenolic OH excluding ortho intramolecular Hbond substituents is 1. The number of rotatable bonds is 3. The third kappa shape index (κ3) is 10.2. The van der Waals surface area contributed by atoms with Crippen molar-refractivity contribution in [3.8, 4) is 17.2 Å². The van der Waals surface area contributed by atoms with Gasteiger partial charge in [0, 0.05) is 6.07 Å². The van der Waals surface area contributed by atoms with Crippen LogP contribution in [0.5, 0.6) is 17.2 Å². The summed E-state index contributed by atoms with van der Waals surface area (Å²) in [6, 6.07) is 11.9. The fourth-order valence-corrected chi connectivity index (χ4v) is 2.45. The minimum atomic E-state index is 0.0984. The second-order valence-electron chi connectivity index (χ2n) is 4.71. The Bertz CT molecular complexity index is 560. The van der Waals surface area contributed by atoms with Gasteiger partial charge in [0.25, 0.3) is 0 Å². The van der Waals surface area contributed by atoms with E-state index in [1.54, 1.807) is 36.2 Å². The number of phenols is 1. The zero-order chi connectivity index (χ0) is 19.8. The number of hydrogen-bond acceptors (Lipinski definition) is 3. The lowest BCUT2D eigenvalue weighted by Gasteiger charge is -2.07. The summed E-state index contributed by atoms with van der Waals surface area (Å²) >= 11 is 1.73. The fourth-order valence-electron chi connectivity index (χ4n) is 1.87. The largest absolute Gasteiger partial charge is 0.504 e. The highest BCUT2D eigenvalue weighted by atomic mass is 127. The molecule has 0 saturated heterocycles. The van der Waals surface area contributed by atoms with Gasteiger partial charge < -0.3 is 12.9 Å². The standard InChI is InChI=1S/C9H12.C8H9IO3.2C2H6/c1-3-9-6-4-5-8(2)7-9;1-5-3-6(11-2)4-7(10)8(5)12-9;2*1-2/h4-7H,3H2,1-2H3;3-4,10H,1-2H3;2*1-2H3. The summed E-state index contributed by atoms with van der Waals surface area (Å²) in [4.78, 5) is 0. The number of methoxy groups -OCH3 is 1. The molecular weight excluding hydrogens is 427 g/mol. The van der Waals surface area contributed by atoms with E-state index in [1.807, 2.05) is 34.6 Å². The van der Waals surface area contributed by atoms with Crippen LogP contribution < -0.4 is 7.80 Å². The second kappa shape index (κ2) is 16.1. The minimum Gasteiger partial charge on any atom is -0.504 e. The number of benzene rings is 2. The molecule has 0 amide bonds. The molecule has 142 valence electrons. The van der Waals surface area contributed by atoms with Crippen molar-refractivity contribution < 1.29 is 12.9 Å². The topological polar surface area (TPSA) is 38.7 Å². The normalized spacial score (nSPS) is 8.52. The molecule has 0 aromatic heterocycles. The molecule has 25 heavy (non-hydrogen) atoms. The molecule has 0 aliphatic carbocycles. The Kier molecular flexibility index (Phi) is 16.6. The predicted molar refractivity (Wildman–Crippen MR) is 117 cm³/mol. The van der Waals surface area contributed by atoms with E-state index in [4.69, 9.17) is 7.80 Å². The predicted octanol–water partition coefficient (Wildman–Crippen LogP) is 7.05. The molecule has 0 spiro atoms. The van der Waals surface area contributed by atoms with Gasteiger partial charge in [-0.15, -0.1) is 0 Å². The maximum atomic E-state index is 9.39. The van der Waals surface area contributed by atoms with Gasteiger partial charge in [0.05, 0.1) is 7.11 Å². The van der Waals surface area contributed by atoms with Crippen LogP contribution >= 0.6 is 23.0 Å². The van der Waals surface area contributed by atoms with Crippen molar-refractivity contribution in [3.05, 3.63) is 53.1 Å². The highest BCUT2D eigenvalue weighted by Gasteiger charge is 2.07. The van der Waals surface area contributed by atoms with E-state index in [9.17, 15) is 5.11 Å². The number of aromatic hydroxyl groups is 1.